The first kappa shape index (κ1) is 22.3. The van der Waals surface area contributed by atoms with Gasteiger partial charge in [-0.3, -0.25) is 4.79 Å². The third-order valence-electron chi connectivity index (χ3n) is 4.97. The van der Waals surface area contributed by atoms with Crippen molar-refractivity contribution in [3.05, 3.63) is 41.7 Å². The molecule has 3 rings (SSSR count). The summed E-state index contributed by atoms with van der Waals surface area (Å²) in [5.41, 5.74) is 6.60. The summed E-state index contributed by atoms with van der Waals surface area (Å²) in [6.07, 6.45) is 3.35. The molecule has 28 heavy (non-hydrogen) atoms. The SMILES string of the molecule is Cc1nnnn1C(Cc1ccccc1)C(=O)N1CCC(OCCCN)CC1.Cl. The number of nitrogens with two attached hydrogens (primary N) is 1. The summed E-state index contributed by atoms with van der Waals surface area (Å²) in [7, 11) is 0. The van der Waals surface area contributed by atoms with Crippen molar-refractivity contribution >= 4 is 18.3 Å². The quantitative estimate of drug-likeness (QED) is 0.665. The number of benzene rings is 1. The number of ether oxygens (including phenoxy) is 1. The Kier molecular flexibility index (Phi) is 8.82. The molecule has 1 aromatic carbocycles. The van der Waals surface area contributed by atoms with Gasteiger partial charge in [0.15, 0.2) is 0 Å². The van der Waals surface area contributed by atoms with E-state index in [9.17, 15) is 4.79 Å². The number of nitrogens with zero attached hydrogens (tertiary/aromatic N) is 5. The first-order valence-corrected chi connectivity index (χ1v) is 9.58. The molecule has 1 aromatic heterocycles. The minimum atomic E-state index is -0.433. The standard InChI is InChI=1S/C19H28N6O2.ClH/c1-15-21-22-23-25(15)18(14-16-6-3-2-4-7-16)19(26)24-11-8-17(9-12-24)27-13-5-10-20;/h2-4,6-7,17-18H,5,8-14,20H2,1H3;1H. The number of hydrogen-bond acceptors (Lipinski definition) is 6. The zero-order valence-electron chi connectivity index (χ0n) is 16.2. The van der Waals surface area contributed by atoms with E-state index in [1.807, 2.05) is 42.2 Å². The average Bonchev–Trinajstić information content (AvgIpc) is 3.13. The molecule has 0 saturated carbocycles. The molecule has 2 heterocycles. The fourth-order valence-corrected chi connectivity index (χ4v) is 3.43. The van der Waals surface area contributed by atoms with Crippen molar-refractivity contribution in [1.29, 1.82) is 0 Å². The second-order valence-electron chi connectivity index (χ2n) is 6.91. The van der Waals surface area contributed by atoms with Crippen LogP contribution in [0, 0.1) is 6.92 Å². The Morgan fingerprint density at radius 1 is 1.29 bits per heavy atom. The van der Waals surface area contributed by atoms with Crippen LogP contribution in [0.1, 0.15) is 36.7 Å². The molecular formula is C19H29ClN6O2. The molecule has 0 radical (unpaired) electrons. The minimum absolute atomic E-state index is 0. The molecule has 1 aliphatic rings. The number of piperidine rings is 1. The van der Waals surface area contributed by atoms with Crippen LogP contribution in [0.5, 0.6) is 0 Å². The molecular weight excluding hydrogens is 380 g/mol. The highest BCUT2D eigenvalue weighted by Gasteiger charge is 2.31. The molecule has 154 valence electrons. The lowest BCUT2D eigenvalue weighted by atomic mass is 10.0. The predicted octanol–water partition coefficient (Wildman–Crippen LogP) is 1.54. The molecule has 0 bridgehead atoms. The lowest BCUT2D eigenvalue weighted by molar-refractivity contribution is -0.137. The van der Waals surface area contributed by atoms with E-state index in [1.165, 1.54) is 0 Å². The Morgan fingerprint density at radius 2 is 2.00 bits per heavy atom. The molecule has 0 aliphatic carbocycles. The lowest BCUT2D eigenvalue weighted by Crippen LogP contribution is -2.45. The summed E-state index contributed by atoms with van der Waals surface area (Å²) in [6.45, 7) is 4.54. The number of aromatic nitrogens is 4. The molecule has 0 spiro atoms. The zero-order valence-corrected chi connectivity index (χ0v) is 17.1. The molecule has 1 saturated heterocycles. The fourth-order valence-electron chi connectivity index (χ4n) is 3.43. The highest BCUT2D eigenvalue weighted by atomic mass is 35.5. The number of carbonyl (C=O) groups excluding carboxylic acids is 1. The van der Waals surface area contributed by atoms with Crippen LogP contribution in [0.2, 0.25) is 0 Å². The van der Waals surface area contributed by atoms with Gasteiger partial charge in [-0.25, -0.2) is 4.68 Å². The average molecular weight is 409 g/mol. The monoisotopic (exact) mass is 408 g/mol. The Balaban J connectivity index is 0.00000280. The van der Waals surface area contributed by atoms with E-state index in [1.54, 1.807) is 4.68 Å². The van der Waals surface area contributed by atoms with Crippen LogP contribution in [0.4, 0.5) is 0 Å². The molecule has 2 N–H and O–H groups in total. The van der Waals surface area contributed by atoms with Crippen molar-refractivity contribution in [2.45, 2.75) is 44.8 Å². The second kappa shape index (κ2) is 11.1. The number of tetrazole rings is 1. The number of hydrogen-bond donors (Lipinski definition) is 1. The van der Waals surface area contributed by atoms with E-state index in [0.29, 0.717) is 38.5 Å². The summed E-state index contributed by atoms with van der Waals surface area (Å²) < 4.78 is 7.48. The van der Waals surface area contributed by atoms with Gasteiger partial charge in [0.1, 0.15) is 11.9 Å². The molecule has 1 amide bonds. The molecule has 9 heteroatoms. The van der Waals surface area contributed by atoms with Crippen LogP contribution in [-0.4, -0.2) is 63.4 Å². The maximum absolute atomic E-state index is 13.3. The predicted molar refractivity (Wildman–Crippen MR) is 108 cm³/mol. The van der Waals surface area contributed by atoms with Gasteiger partial charge in [0, 0.05) is 26.1 Å². The van der Waals surface area contributed by atoms with E-state index in [-0.39, 0.29) is 24.4 Å². The third-order valence-corrected chi connectivity index (χ3v) is 4.97. The number of likely N-dealkylation sites (tertiary alicyclic amines) is 1. The Bertz CT molecular complexity index is 718. The Morgan fingerprint density at radius 3 is 2.61 bits per heavy atom. The van der Waals surface area contributed by atoms with E-state index >= 15 is 0 Å². The van der Waals surface area contributed by atoms with Gasteiger partial charge in [0.05, 0.1) is 6.10 Å². The van der Waals surface area contributed by atoms with Crippen molar-refractivity contribution in [3.63, 3.8) is 0 Å². The summed E-state index contributed by atoms with van der Waals surface area (Å²) in [5, 5.41) is 11.8. The van der Waals surface area contributed by atoms with Gasteiger partial charge in [-0.05, 0) is 48.7 Å². The third kappa shape index (κ3) is 5.73. The van der Waals surface area contributed by atoms with Gasteiger partial charge < -0.3 is 15.4 Å². The van der Waals surface area contributed by atoms with Crippen molar-refractivity contribution in [3.8, 4) is 0 Å². The largest absolute Gasteiger partial charge is 0.378 e. The molecule has 1 unspecified atom stereocenters. The summed E-state index contributed by atoms with van der Waals surface area (Å²) >= 11 is 0. The molecule has 8 nitrogen and oxygen atoms in total. The van der Waals surface area contributed by atoms with Gasteiger partial charge in [0.2, 0.25) is 5.91 Å². The first-order chi connectivity index (χ1) is 13.2. The van der Waals surface area contributed by atoms with Gasteiger partial charge >= 0.3 is 0 Å². The van der Waals surface area contributed by atoms with Crippen LogP contribution < -0.4 is 5.73 Å². The van der Waals surface area contributed by atoms with Gasteiger partial charge in [-0.1, -0.05) is 30.3 Å². The maximum Gasteiger partial charge on any atom is 0.247 e. The zero-order chi connectivity index (χ0) is 19.1. The number of aryl methyl sites for hydroxylation is 1. The van der Waals surface area contributed by atoms with Crippen molar-refractivity contribution < 1.29 is 9.53 Å². The van der Waals surface area contributed by atoms with Crippen LogP contribution in [-0.2, 0) is 16.0 Å². The van der Waals surface area contributed by atoms with Gasteiger partial charge in [-0.15, -0.1) is 17.5 Å². The van der Waals surface area contributed by atoms with Crippen LogP contribution >= 0.6 is 12.4 Å². The minimum Gasteiger partial charge on any atom is -0.378 e. The first-order valence-electron chi connectivity index (χ1n) is 9.58. The highest BCUT2D eigenvalue weighted by Crippen LogP contribution is 2.21. The number of rotatable bonds is 8. The van der Waals surface area contributed by atoms with Crippen molar-refractivity contribution in [2.24, 2.45) is 5.73 Å². The van der Waals surface area contributed by atoms with Gasteiger partial charge in [0.25, 0.3) is 0 Å². The summed E-state index contributed by atoms with van der Waals surface area (Å²) in [6, 6.07) is 9.55. The number of amides is 1. The highest BCUT2D eigenvalue weighted by molar-refractivity contribution is 5.85. The second-order valence-corrected chi connectivity index (χ2v) is 6.91. The number of halogens is 1. The van der Waals surface area contributed by atoms with E-state index < -0.39 is 6.04 Å². The Labute approximate surface area is 171 Å². The molecule has 1 atom stereocenters. The van der Waals surface area contributed by atoms with Crippen LogP contribution in [0.25, 0.3) is 0 Å². The van der Waals surface area contributed by atoms with Crippen molar-refractivity contribution in [1.82, 2.24) is 25.1 Å². The number of carbonyl (C=O) groups is 1. The lowest BCUT2D eigenvalue weighted by Gasteiger charge is -2.34. The van der Waals surface area contributed by atoms with Gasteiger partial charge in [-0.2, -0.15) is 0 Å². The molecule has 2 aromatic rings. The van der Waals surface area contributed by atoms with E-state index in [4.69, 9.17) is 10.5 Å². The van der Waals surface area contributed by atoms with Crippen LogP contribution in [0.15, 0.2) is 30.3 Å². The van der Waals surface area contributed by atoms with E-state index in [0.717, 1.165) is 24.8 Å². The normalized spacial score (nSPS) is 15.9. The topological polar surface area (TPSA) is 99.2 Å². The Hall–Kier alpha value is -2.03. The molecule has 1 aliphatic heterocycles. The summed E-state index contributed by atoms with van der Waals surface area (Å²) in [4.78, 5) is 15.2. The molecule has 1 fully saturated rings. The fraction of sp³-hybridized carbons (Fsp3) is 0.579. The van der Waals surface area contributed by atoms with Crippen LogP contribution in [0.3, 0.4) is 0 Å². The maximum atomic E-state index is 13.3. The van der Waals surface area contributed by atoms with E-state index in [2.05, 4.69) is 15.5 Å². The summed E-state index contributed by atoms with van der Waals surface area (Å²) in [5.74, 6) is 0.707. The smallest absolute Gasteiger partial charge is 0.247 e. The van der Waals surface area contributed by atoms with Crippen molar-refractivity contribution in [2.75, 3.05) is 26.2 Å².